The topological polar surface area (TPSA) is 12.0 Å². The van der Waals surface area contributed by atoms with Gasteiger partial charge in [-0.25, -0.2) is 0 Å². The summed E-state index contributed by atoms with van der Waals surface area (Å²) in [5.74, 6) is 0.816. The molecule has 0 aromatic heterocycles. The molecule has 76 valence electrons. The lowest BCUT2D eigenvalue weighted by atomic mass is 10.0. The van der Waals surface area contributed by atoms with Crippen molar-refractivity contribution in [3.8, 4) is 0 Å². The molecule has 1 aromatic carbocycles. The average molecular weight is 322 g/mol. The zero-order valence-electron chi connectivity index (χ0n) is 8.06. The van der Waals surface area contributed by atoms with Gasteiger partial charge in [0.2, 0.25) is 0 Å². The highest BCUT2D eigenvalue weighted by Crippen LogP contribution is 2.41. The van der Waals surface area contributed by atoms with Crippen LogP contribution in [0.1, 0.15) is 24.4 Å². The van der Waals surface area contributed by atoms with Crippen molar-refractivity contribution in [3.05, 3.63) is 32.4 Å². The molecule has 0 saturated heterocycles. The van der Waals surface area contributed by atoms with E-state index in [4.69, 9.17) is 11.6 Å². The Kier molecular flexibility index (Phi) is 3.34. The zero-order chi connectivity index (χ0) is 10.1. The van der Waals surface area contributed by atoms with Crippen LogP contribution in [0.4, 0.5) is 0 Å². The molecular weight excluding hydrogens is 308 g/mol. The minimum Gasteiger partial charge on any atom is -0.313 e. The van der Waals surface area contributed by atoms with Gasteiger partial charge in [0.15, 0.2) is 0 Å². The van der Waals surface area contributed by atoms with Gasteiger partial charge < -0.3 is 5.32 Å². The van der Waals surface area contributed by atoms with Gasteiger partial charge in [-0.3, -0.25) is 0 Å². The van der Waals surface area contributed by atoms with Gasteiger partial charge in [0.25, 0.3) is 0 Å². The summed E-state index contributed by atoms with van der Waals surface area (Å²) in [6.45, 7) is 0. The second-order valence-corrected chi connectivity index (χ2v) is 5.35. The molecule has 1 fully saturated rings. The first-order chi connectivity index (χ1) is 6.72. The molecule has 3 heteroatoms. The van der Waals surface area contributed by atoms with Crippen molar-refractivity contribution in [2.45, 2.75) is 18.9 Å². The number of hydrogen-bond acceptors (Lipinski definition) is 1. The molecule has 1 nitrogen and oxygen atoms in total. The summed E-state index contributed by atoms with van der Waals surface area (Å²) >= 11 is 8.36. The van der Waals surface area contributed by atoms with E-state index in [1.54, 1.807) is 0 Å². The Morgan fingerprint density at radius 2 is 2.21 bits per heavy atom. The first-order valence-electron chi connectivity index (χ1n) is 4.84. The Hall–Kier alpha value is 0.200. The van der Waals surface area contributed by atoms with E-state index in [2.05, 4.69) is 46.1 Å². The van der Waals surface area contributed by atoms with Gasteiger partial charge in [-0.15, -0.1) is 0 Å². The molecule has 1 unspecified atom stereocenters. The first kappa shape index (κ1) is 10.7. The van der Waals surface area contributed by atoms with Gasteiger partial charge in [0, 0.05) is 9.61 Å². The Morgan fingerprint density at radius 1 is 1.50 bits per heavy atom. The maximum atomic E-state index is 6.10. The number of halogens is 2. The van der Waals surface area contributed by atoms with Gasteiger partial charge in [-0.05, 0) is 66.1 Å². The highest BCUT2D eigenvalue weighted by atomic mass is 127. The zero-order valence-corrected chi connectivity index (χ0v) is 11.0. The van der Waals surface area contributed by atoms with Crippen LogP contribution in [0, 0.1) is 9.49 Å². The summed E-state index contributed by atoms with van der Waals surface area (Å²) < 4.78 is 1.12. The van der Waals surface area contributed by atoms with Crippen LogP contribution in [0.5, 0.6) is 0 Å². The third kappa shape index (κ3) is 2.23. The van der Waals surface area contributed by atoms with Crippen molar-refractivity contribution in [3.63, 3.8) is 0 Å². The number of benzene rings is 1. The number of hydrogen-bond donors (Lipinski definition) is 1. The molecule has 1 aliphatic rings. The van der Waals surface area contributed by atoms with Crippen molar-refractivity contribution in [2.24, 2.45) is 5.92 Å². The summed E-state index contributed by atoms with van der Waals surface area (Å²) in [7, 11) is 2.02. The maximum absolute atomic E-state index is 6.10. The van der Waals surface area contributed by atoms with E-state index in [9.17, 15) is 0 Å². The molecule has 1 saturated carbocycles. The summed E-state index contributed by atoms with van der Waals surface area (Å²) in [6.07, 6.45) is 2.68. The van der Waals surface area contributed by atoms with Crippen molar-refractivity contribution >= 4 is 34.2 Å². The van der Waals surface area contributed by atoms with Gasteiger partial charge in [0.1, 0.15) is 0 Å². The summed E-state index contributed by atoms with van der Waals surface area (Å²) in [4.78, 5) is 0. The van der Waals surface area contributed by atoms with Crippen LogP contribution in [0.2, 0.25) is 5.02 Å². The first-order valence-corrected chi connectivity index (χ1v) is 6.30. The Labute approximate surface area is 103 Å². The molecule has 1 N–H and O–H groups in total. The molecule has 0 heterocycles. The fourth-order valence-electron chi connectivity index (χ4n) is 1.81. The van der Waals surface area contributed by atoms with Gasteiger partial charge >= 0.3 is 0 Å². The van der Waals surface area contributed by atoms with Crippen LogP contribution in [-0.4, -0.2) is 7.05 Å². The molecule has 2 rings (SSSR count). The molecule has 0 bridgehead atoms. The SMILES string of the molecule is CNC(c1ccc(I)c(Cl)c1)C1CC1. The third-order valence-electron chi connectivity index (χ3n) is 2.71. The van der Waals surface area contributed by atoms with E-state index in [0.717, 1.165) is 14.5 Å². The number of nitrogens with one attached hydrogen (secondary N) is 1. The Bertz CT molecular complexity index is 336. The van der Waals surface area contributed by atoms with Crippen molar-refractivity contribution in [1.82, 2.24) is 5.32 Å². The Balaban J connectivity index is 2.25. The summed E-state index contributed by atoms with van der Waals surface area (Å²) in [5.41, 5.74) is 1.32. The standard InChI is InChI=1S/C11H13ClIN/c1-14-11(7-2-3-7)8-4-5-10(13)9(12)6-8/h4-7,11,14H,2-3H2,1H3. The summed E-state index contributed by atoms with van der Waals surface area (Å²) in [5, 5.41) is 4.23. The average Bonchev–Trinajstić information content (AvgIpc) is 2.96. The monoisotopic (exact) mass is 321 g/mol. The molecular formula is C11H13ClIN. The van der Waals surface area contributed by atoms with Crippen LogP contribution in [-0.2, 0) is 0 Å². The molecule has 14 heavy (non-hydrogen) atoms. The van der Waals surface area contributed by atoms with Crippen molar-refractivity contribution in [1.29, 1.82) is 0 Å². The van der Waals surface area contributed by atoms with Crippen LogP contribution in [0.15, 0.2) is 18.2 Å². The van der Waals surface area contributed by atoms with Crippen molar-refractivity contribution < 1.29 is 0 Å². The minimum atomic E-state index is 0.490. The highest BCUT2D eigenvalue weighted by Gasteiger charge is 2.31. The molecule has 1 aliphatic carbocycles. The highest BCUT2D eigenvalue weighted by molar-refractivity contribution is 14.1. The second-order valence-electron chi connectivity index (χ2n) is 3.78. The fourth-order valence-corrected chi connectivity index (χ4v) is 2.33. The Morgan fingerprint density at radius 3 is 2.71 bits per heavy atom. The lowest BCUT2D eigenvalue weighted by Gasteiger charge is -2.16. The lowest BCUT2D eigenvalue weighted by molar-refractivity contribution is 0.529. The molecule has 0 aliphatic heterocycles. The quantitative estimate of drug-likeness (QED) is 0.839. The summed E-state index contributed by atoms with van der Waals surface area (Å²) in [6, 6.07) is 6.84. The van der Waals surface area contributed by atoms with E-state index in [1.165, 1.54) is 18.4 Å². The molecule has 1 atom stereocenters. The van der Waals surface area contributed by atoms with Gasteiger partial charge in [-0.2, -0.15) is 0 Å². The predicted octanol–water partition coefficient (Wildman–Crippen LogP) is 3.62. The fraction of sp³-hybridized carbons (Fsp3) is 0.455. The third-order valence-corrected chi connectivity index (χ3v) is 4.28. The molecule has 0 radical (unpaired) electrons. The van der Waals surface area contributed by atoms with Crippen molar-refractivity contribution in [2.75, 3.05) is 7.05 Å². The molecule has 0 spiro atoms. The smallest absolute Gasteiger partial charge is 0.0542 e. The van der Waals surface area contributed by atoms with E-state index < -0.39 is 0 Å². The van der Waals surface area contributed by atoms with Crippen LogP contribution >= 0.6 is 34.2 Å². The van der Waals surface area contributed by atoms with E-state index in [1.807, 2.05) is 7.05 Å². The van der Waals surface area contributed by atoms with Crippen LogP contribution in [0.3, 0.4) is 0 Å². The minimum absolute atomic E-state index is 0.490. The second kappa shape index (κ2) is 4.37. The predicted molar refractivity (Wildman–Crippen MR) is 68.7 cm³/mol. The number of rotatable bonds is 3. The maximum Gasteiger partial charge on any atom is 0.0542 e. The lowest BCUT2D eigenvalue weighted by Crippen LogP contribution is -2.18. The van der Waals surface area contributed by atoms with E-state index in [-0.39, 0.29) is 0 Å². The largest absolute Gasteiger partial charge is 0.313 e. The molecule has 1 aromatic rings. The van der Waals surface area contributed by atoms with Gasteiger partial charge in [0.05, 0.1) is 5.02 Å². The molecule has 0 amide bonds. The van der Waals surface area contributed by atoms with E-state index in [0.29, 0.717) is 6.04 Å². The van der Waals surface area contributed by atoms with Crippen LogP contribution in [0.25, 0.3) is 0 Å². The van der Waals surface area contributed by atoms with Crippen LogP contribution < -0.4 is 5.32 Å². The normalized spacial score (nSPS) is 18.2. The van der Waals surface area contributed by atoms with Gasteiger partial charge in [-0.1, -0.05) is 17.7 Å². The van der Waals surface area contributed by atoms with E-state index >= 15 is 0 Å².